The second-order valence-electron chi connectivity index (χ2n) is 9.37. The third-order valence-corrected chi connectivity index (χ3v) is 6.66. The Hall–Kier alpha value is -5.09. The van der Waals surface area contributed by atoms with E-state index in [2.05, 4.69) is 9.97 Å². The van der Waals surface area contributed by atoms with Crippen LogP contribution in [-0.2, 0) is 17.7 Å². The molecule has 10 heteroatoms. The van der Waals surface area contributed by atoms with Gasteiger partial charge in [-0.05, 0) is 42.0 Å². The van der Waals surface area contributed by atoms with Crippen molar-refractivity contribution < 1.29 is 28.1 Å². The monoisotopic (exact) mass is 569 g/mol. The van der Waals surface area contributed by atoms with Crippen LogP contribution in [0.25, 0.3) is 22.0 Å². The number of hydrogen-bond donors (Lipinski definition) is 0. The van der Waals surface area contributed by atoms with Gasteiger partial charge in [0.05, 0.1) is 44.5 Å². The molecule has 0 aliphatic carbocycles. The maximum atomic E-state index is 13.5. The Morgan fingerprint density at radius 2 is 1.67 bits per heavy atom. The molecule has 0 radical (unpaired) electrons. The van der Waals surface area contributed by atoms with Gasteiger partial charge in [-0.1, -0.05) is 12.1 Å². The minimum Gasteiger partial charge on any atom is -0.493 e. The molecule has 0 amide bonds. The predicted octanol–water partition coefficient (Wildman–Crippen LogP) is 5.48. The van der Waals surface area contributed by atoms with Crippen molar-refractivity contribution in [3.05, 3.63) is 107 Å². The molecule has 0 atom stereocenters. The van der Waals surface area contributed by atoms with Crippen molar-refractivity contribution in [2.24, 2.45) is 0 Å². The highest BCUT2D eigenvalue weighted by atomic mass is 19.1. The van der Waals surface area contributed by atoms with Gasteiger partial charge in [0.2, 0.25) is 0 Å². The molecule has 0 bridgehead atoms. The van der Waals surface area contributed by atoms with Gasteiger partial charge >= 0.3 is 0 Å². The number of fused-ring (bicyclic) bond motifs is 1. The summed E-state index contributed by atoms with van der Waals surface area (Å²) < 4.78 is 37.2. The standard InChI is InChI=1S/C32H28FN3O6/c1-39-13-12-36-18-25(20-4-6-21(33)7-5-20)32(38)26(19-36)28(37)14-22-8-9-23(17-35-22)42-29-10-11-34-27-16-31(41-3)30(40-2)15-24(27)29/h4-11,15-19H,12-14H2,1-3H3. The highest BCUT2D eigenvalue weighted by Crippen LogP contribution is 2.36. The van der Waals surface area contributed by atoms with Crippen LogP contribution >= 0.6 is 0 Å². The zero-order valence-corrected chi connectivity index (χ0v) is 23.3. The van der Waals surface area contributed by atoms with Gasteiger partial charge in [-0.2, -0.15) is 0 Å². The summed E-state index contributed by atoms with van der Waals surface area (Å²) in [6.07, 6.45) is 6.21. The number of halogens is 1. The molecule has 2 aromatic carbocycles. The van der Waals surface area contributed by atoms with E-state index in [1.54, 1.807) is 68.6 Å². The Balaban J connectivity index is 1.38. The van der Waals surface area contributed by atoms with E-state index in [1.165, 1.54) is 36.7 Å². The first kappa shape index (κ1) is 28.4. The van der Waals surface area contributed by atoms with E-state index >= 15 is 0 Å². The molecule has 5 aromatic rings. The SMILES string of the molecule is COCCn1cc(C(=O)Cc2ccc(Oc3ccnc4cc(OC)c(OC)cc34)cn2)c(=O)c(-c2ccc(F)cc2)c1. The van der Waals surface area contributed by atoms with Crippen LogP contribution in [0.1, 0.15) is 16.1 Å². The first-order valence-electron chi connectivity index (χ1n) is 13.1. The van der Waals surface area contributed by atoms with E-state index in [-0.39, 0.29) is 12.0 Å². The van der Waals surface area contributed by atoms with Crippen molar-refractivity contribution in [1.29, 1.82) is 0 Å². The van der Waals surface area contributed by atoms with Crippen LogP contribution in [0.3, 0.4) is 0 Å². The first-order valence-corrected chi connectivity index (χ1v) is 13.1. The van der Waals surface area contributed by atoms with Gasteiger partial charge in [0.1, 0.15) is 17.3 Å². The van der Waals surface area contributed by atoms with E-state index in [1.807, 2.05) is 0 Å². The van der Waals surface area contributed by atoms with E-state index in [4.69, 9.17) is 18.9 Å². The molecule has 0 unspecified atom stereocenters. The fraction of sp³-hybridized carbons (Fsp3) is 0.188. The van der Waals surface area contributed by atoms with Gasteiger partial charge in [-0.15, -0.1) is 0 Å². The second kappa shape index (κ2) is 12.6. The number of benzene rings is 2. The summed E-state index contributed by atoms with van der Waals surface area (Å²) >= 11 is 0. The average molecular weight is 570 g/mol. The maximum absolute atomic E-state index is 13.5. The lowest BCUT2D eigenvalue weighted by Crippen LogP contribution is -2.22. The van der Waals surface area contributed by atoms with Crippen molar-refractivity contribution in [2.75, 3.05) is 27.9 Å². The molecule has 3 aromatic heterocycles. The summed E-state index contributed by atoms with van der Waals surface area (Å²) in [5.74, 6) is 1.28. The van der Waals surface area contributed by atoms with Crippen LogP contribution in [-0.4, -0.2) is 48.3 Å². The molecule has 42 heavy (non-hydrogen) atoms. The van der Waals surface area contributed by atoms with E-state index in [0.717, 1.165) is 5.39 Å². The zero-order chi connectivity index (χ0) is 29.6. The number of methoxy groups -OCH3 is 3. The third kappa shape index (κ3) is 6.13. The smallest absolute Gasteiger partial charge is 0.200 e. The van der Waals surface area contributed by atoms with E-state index in [0.29, 0.717) is 58.5 Å². The van der Waals surface area contributed by atoms with Crippen molar-refractivity contribution in [2.45, 2.75) is 13.0 Å². The number of pyridine rings is 3. The van der Waals surface area contributed by atoms with Crippen molar-refractivity contribution in [3.63, 3.8) is 0 Å². The number of rotatable bonds is 11. The lowest BCUT2D eigenvalue weighted by atomic mass is 10.0. The summed E-state index contributed by atoms with van der Waals surface area (Å²) in [5, 5.41) is 0.722. The molecule has 0 aliphatic rings. The minimum absolute atomic E-state index is 0.0164. The normalized spacial score (nSPS) is 11.0. The number of hydrogen-bond acceptors (Lipinski definition) is 8. The molecule has 0 spiro atoms. The first-order chi connectivity index (χ1) is 20.4. The number of Topliss-reactive ketones (excluding diaryl/α,β-unsaturated/α-hetero) is 1. The van der Waals surface area contributed by atoms with E-state index in [9.17, 15) is 14.0 Å². The Kier molecular flexibility index (Phi) is 8.54. The van der Waals surface area contributed by atoms with Crippen molar-refractivity contribution >= 4 is 16.7 Å². The molecular weight excluding hydrogens is 541 g/mol. The summed E-state index contributed by atoms with van der Waals surface area (Å²) in [5.41, 5.74) is 1.53. The van der Waals surface area contributed by atoms with Gasteiger partial charge in [0, 0.05) is 55.0 Å². The molecule has 0 N–H and O–H groups in total. The number of carbonyl (C=O) groups is 1. The van der Waals surface area contributed by atoms with Crippen LogP contribution in [0.4, 0.5) is 4.39 Å². The lowest BCUT2D eigenvalue weighted by Gasteiger charge is -2.13. The van der Waals surface area contributed by atoms with Gasteiger partial charge in [-0.3, -0.25) is 19.6 Å². The van der Waals surface area contributed by atoms with Crippen LogP contribution in [0.15, 0.2) is 84.2 Å². The molecule has 9 nitrogen and oxygen atoms in total. The lowest BCUT2D eigenvalue weighted by molar-refractivity contribution is 0.0989. The van der Waals surface area contributed by atoms with Crippen LogP contribution in [0.2, 0.25) is 0 Å². The highest BCUT2D eigenvalue weighted by molar-refractivity contribution is 5.98. The number of ether oxygens (including phenoxy) is 4. The number of ketones is 1. The average Bonchev–Trinajstić information content (AvgIpc) is 3.01. The summed E-state index contributed by atoms with van der Waals surface area (Å²) in [4.78, 5) is 35.4. The molecule has 214 valence electrons. The summed E-state index contributed by atoms with van der Waals surface area (Å²) in [6, 6.07) is 14.2. The fourth-order valence-electron chi connectivity index (χ4n) is 4.49. The number of nitrogens with zero attached hydrogens (tertiary/aromatic N) is 3. The van der Waals surface area contributed by atoms with Gasteiger partial charge in [0.25, 0.3) is 0 Å². The molecule has 0 saturated heterocycles. The largest absolute Gasteiger partial charge is 0.493 e. The molecule has 5 rings (SSSR count). The predicted molar refractivity (Wildman–Crippen MR) is 155 cm³/mol. The van der Waals surface area contributed by atoms with Crippen molar-refractivity contribution in [3.8, 4) is 34.1 Å². The summed E-state index contributed by atoms with van der Waals surface area (Å²) in [7, 11) is 4.68. The Morgan fingerprint density at radius 3 is 2.36 bits per heavy atom. The van der Waals surface area contributed by atoms with Crippen LogP contribution in [0.5, 0.6) is 23.0 Å². The molecule has 0 fully saturated rings. The van der Waals surface area contributed by atoms with Crippen molar-refractivity contribution in [1.82, 2.24) is 14.5 Å². The van der Waals surface area contributed by atoms with Gasteiger partial charge in [0.15, 0.2) is 22.7 Å². The van der Waals surface area contributed by atoms with E-state index < -0.39 is 17.0 Å². The fourth-order valence-corrected chi connectivity index (χ4v) is 4.49. The molecular formula is C32H28FN3O6. The molecule has 0 aliphatic heterocycles. The van der Waals surface area contributed by atoms with Gasteiger partial charge in [-0.25, -0.2) is 4.39 Å². The van der Waals surface area contributed by atoms with Gasteiger partial charge < -0.3 is 23.5 Å². The summed E-state index contributed by atoms with van der Waals surface area (Å²) in [6.45, 7) is 0.813. The number of carbonyl (C=O) groups excluding carboxylic acids is 1. The second-order valence-corrected chi connectivity index (χ2v) is 9.37. The maximum Gasteiger partial charge on any atom is 0.200 e. The third-order valence-electron chi connectivity index (χ3n) is 6.66. The van der Waals surface area contributed by atoms with Crippen LogP contribution < -0.4 is 19.6 Å². The Morgan fingerprint density at radius 1 is 0.905 bits per heavy atom. The quantitative estimate of drug-likeness (QED) is 0.193. The molecule has 3 heterocycles. The topological polar surface area (TPSA) is 102 Å². The minimum atomic E-state index is -0.433. The highest BCUT2D eigenvalue weighted by Gasteiger charge is 2.18. The zero-order valence-electron chi connectivity index (χ0n) is 23.3. The number of aromatic nitrogens is 3. The Labute approximate surface area is 241 Å². The Bertz CT molecular complexity index is 1790. The molecule has 0 saturated carbocycles. The van der Waals surface area contributed by atoms with Crippen LogP contribution in [0, 0.1) is 5.82 Å².